The first kappa shape index (κ1) is 14.6. The first-order chi connectivity index (χ1) is 12.3. The summed E-state index contributed by atoms with van der Waals surface area (Å²) in [4.78, 5) is 6.83. The van der Waals surface area contributed by atoms with Crippen LogP contribution in [0, 0.1) is 0 Å². The molecular formula is C19H11ClN4S. The Bertz CT molecular complexity index is 1190. The number of halogens is 1. The Hall–Kier alpha value is -2.76. The van der Waals surface area contributed by atoms with Crippen molar-refractivity contribution in [2.24, 2.45) is 0 Å². The zero-order valence-electron chi connectivity index (χ0n) is 12.9. The lowest BCUT2D eigenvalue weighted by atomic mass is 10.1. The number of nitrogens with zero attached hydrogens (tertiary/aromatic N) is 4. The van der Waals surface area contributed by atoms with Crippen molar-refractivity contribution in [3.8, 4) is 21.1 Å². The van der Waals surface area contributed by atoms with Crippen molar-refractivity contribution in [1.29, 1.82) is 0 Å². The third kappa shape index (κ3) is 2.40. The molecule has 6 heteroatoms. The third-order valence-corrected chi connectivity index (χ3v) is 5.49. The summed E-state index contributed by atoms with van der Waals surface area (Å²) in [5.41, 5.74) is 2.73. The Morgan fingerprint density at radius 1 is 0.840 bits per heavy atom. The second kappa shape index (κ2) is 5.65. The van der Waals surface area contributed by atoms with Crippen molar-refractivity contribution >= 4 is 39.4 Å². The molecule has 0 aliphatic heterocycles. The van der Waals surface area contributed by atoms with Gasteiger partial charge in [0.2, 0.25) is 0 Å². The SMILES string of the molecule is Clc1nnc(-c2ccc(-c3cn4ccccc4n3)s2)c2ccccc12. The average molecular weight is 363 g/mol. The van der Waals surface area contributed by atoms with Crippen LogP contribution in [0.3, 0.4) is 0 Å². The summed E-state index contributed by atoms with van der Waals surface area (Å²) < 4.78 is 2.02. The van der Waals surface area contributed by atoms with Gasteiger partial charge in [0.25, 0.3) is 0 Å². The summed E-state index contributed by atoms with van der Waals surface area (Å²) >= 11 is 7.83. The predicted octanol–water partition coefficient (Wildman–Crippen LogP) is 5.33. The average Bonchev–Trinajstić information content (AvgIpc) is 3.29. The maximum Gasteiger partial charge on any atom is 0.159 e. The van der Waals surface area contributed by atoms with Gasteiger partial charge in [-0.05, 0) is 24.3 Å². The zero-order valence-corrected chi connectivity index (χ0v) is 14.5. The molecule has 0 atom stereocenters. The van der Waals surface area contributed by atoms with Crippen LogP contribution in [-0.4, -0.2) is 19.6 Å². The van der Waals surface area contributed by atoms with Gasteiger partial charge in [-0.25, -0.2) is 4.98 Å². The second-order valence-electron chi connectivity index (χ2n) is 5.64. The van der Waals surface area contributed by atoms with E-state index >= 15 is 0 Å². The Morgan fingerprint density at radius 2 is 1.64 bits per heavy atom. The summed E-state index contributed by atoms with van der Waals surface area (Å²) in [7, 11) is 0. The normalized spacial score (nSPS) is 11.4. The fourth-order valence-electron chi connectivity index (χ4n) is 2.91. The second-order valence-corrected chi connectivity index (χ2v) is 7.08. The highest BCUT2D eigenvalue weighted by molar-refractivity contribution is 7.18. The van der Waals surface area contributed by atoms with Crippen LogP contribution in [0.5, 0.6) is 0 Å². The Balaban J connectivity index is 1.65. The van der Waals surface area contributed by atoms with Crippen molar-refractivity contribution in [3.05, 3.63) is 72.1 Å². The van der Waals surface area contributed by atoms with Gasteiger partial charge in [0, 0.05) is 23.2 Å². The molecule has 0 saturated carbocycles. The molecule has 0 amide bonds. The minimum absolute atomic E-state index is 0.427. The third-order valence-electron chi connectivity index (χ3n) is 4.10. The van der Waals surface area contributed by atoms with Crippen LogP contribution in [0.4, 0.5) is 0 Å². The van der Waals surface area contributed by atoms with Crippen molar-refractivity contribution in [2.75, 3.05) is 0 Å². The first-order valence-corrected chi connectivity index (χ1v) is 8.94. The van der Waals surface area contributed by atoms with Crippen molar-refractivity contribution in [2.45, 2.75) is 0 Å². The van der Waals surface area contributed by atoms with Crippen molar-refractivity contribution < 1.29 is 0 Å². The molecular weight excluding hydrogens is 352 g/mol. The molecule has 0 N–H and O–H groups in total. The van der Waals surface area contributed by atoms with Crippen LogP contribution in [-0.2, 0) is 0 Å². The molecule has 25 heavy (non-hydrogen) atoms. The number of rotatable bonds is 2. The van der Waals surface area contributed by atoms with Gasteiger partial charge in [-0.1, -0.05) is 41.9 Å². The topological polar surface area (TPSA) is 43.1 Å². The van der Waals surface area contributed by atoms with Gasteiger partial charge < -0.3 is 4.40 Å². The quantitative estimate of drug-likeness (QED) is 0.426. The van der Waals surface area contributed by atoms with Gasteiger partial charge in [0.15, 0.2) is 5.15 Å². The van der Waals surface area contributed by atoms with Crippen LogP contribution in [0.15, 0.2) is 67.0 Å². The van der Waals surface area contributed by atoms with E-state index in [0.717, 1.165) is 37.6 Å². The van der Waals surface area contributed by atoms with E-state index in [2.05, 4.69) is 27.3 Å². The smallest absolute Gasteiger partial charge is 0.159 e. The van der Waals surface area contributed by atoms with E-state index < -0.39 is 0 Å². The number of benzene rings is 1. The van der Waals surface area contributed by atoms with E-state index in [1.54, 1.807) is 11.3 Å². The number of thiophene rings is 1. The Labute approximate surface area is 152 Å². The molecule has 4 heterocycles. The Morgan fingerprint density at radius 3 is 2.52 bits per heavy atom. The summed E-state index contributed by atoms with van der Waals surface area (Å²) in [5, 5.41) is 10.8. The molecule has 4 aromatic heterocycles. The van der Waals surface area contributed by atoms with E-state index in [-0.39, 0.29) is 0 Å². The molecule has 1 aromatic carbocycles. The molecule has 5 aromatic rings. The van der Waals surface area contributed by atoms with Crippen LogP contribution in [0.2, 0.25) is 5.15 Å². The fraction of sp³-hybridized carbons (Fsp3) is 0. The maximum atomic E-state index is 6.18. The van der Waals surface area contributed by atoms with Crippen LogP contribution >= 0.6 is 22.9 Å². The van der Waals surface area contributed by atoms with Gasteiger partial charge in [-0.15, -0.1) is 21.5 Å². The van der Waals surface area contributed by atoms with Gasteiger partial charge >= 0.3 is 0 Å². The number of fused-ring (bicyclic) bond motifs is 2. The highest BCUT2D eigenvalue weighted by atomic mass is 35.5. The number of imidazole rings is 1. The molecule has 0 radical (unpaired) electrons. The monoisotopic (exact) mass is 362 g/mol. The van der Waals surface area contributed by atoms with Crippen LogP contribution < -0.4 is 0 Å². The molecule has 0 aliphatic carbocycles. The molecule has 5 rings (SSSR count). The van der Waals surface area contributed by atoms with Gasteiger partial charge in [-0.2, -0.15) is 0 Å². The summed E-state index contributed by atoms with van der Waals surface area (Å²) in [5.74, 6) is 0. The molecule has 120 valence electrons. The van der Waals surface area contributed by atoms with Gasteiger partial charge in [0.05, 0.1) is 15.4 Å². The van der Waals surface area contributed by atoms with E-state index in [9.17, 15) is 0 Å². The number of hydrogen-bond acceptors (Lipinski definition) is 4. The minimum atomic E-state index is 0.427. The molecule has 0 aliphatic rings. The molecule has 0 spiro atoms. The predicted molar refractivity (Wildman–Crippen MR) is 102 cm³/mol. The minimum Gasteiger partial charge on any atom is -0.306 e. The highest BCUT2D eigenvalue weighted by Gasteiger charge is 2.13. The largest absolute Gasteiger partial charge is 0.306 e. The molecule has 0 unspecified atom stereocenters. The zero-order chi connectivity index (χ0) is 16.8. The van der Waals surface area contributed by atoms with E-state index in [1.165, 1.54) is 0 Å². The van der Waals surface area contributed by atoms with Crippen LogP contribution in [0.25, 0.3) is 37.6 Å². The standard InChI is InChI=1S/C19H11ClN4S/c20-19-13-6-2-1-5-12(13)18(22-23-19)16-9-8-15(25-16)14-11-24-10-4-3-7-17(24)21-14/h1-11H. The molecule has 0 fully saturated rings. The first-order valence-electron chi connectivity index (χ1n) is 7.75. The maximum absolute atomic E-state index is 6.18. The highest BCUT2D eigenvalue weighted by Crippen LogP contribution is 2.37. The summed E-state index contributed by atoms with van der Waals surface area (Å²) in [6.45, 7) is 0. The lowest BCUT2D eigenvalue weighted by Gasteiger charge is -2.03. The van der Waals surface area contributed by atoms with Crippen LogP contribution in [0.1, 0.15) is 0 Å². The lowest BCUT2D eigenvalue weighted by Crippen LogP contribution is -1.89. The fourth-order valence-corrected chi connectivity index (χ4v) is 4.07. The van der Waals surface area contributed by atoms with Crippen molar-refractivity contribution in [3.63, 3.8) is 0 Å². The van der Waals surface area contributed by atoms with Gasteiger partial charge in [-0.3, -0.25) is 0 Å². The number of hydrogen-bond donors (Lipinski definition) is 0. The molecule has 0 saturated heterocycles. The molecule has 4 nitrogen and oxygen atoms in total. The van der Waals surface area contributed by atoms with E-state index in [1.807, 2.05) is 59.3 Å². The number of aromatic nitrogens is 4. The summed E-state index contributed by atoms with van der Waals surface area (Å²) in [6, 6.07) is 18.0. The lowest BCUT2D eigenvalue weighted by molar-refractivity contribution is 1.06. The van der Waals surface area contributed by atoms with Crippen molar-refractivity contribution in [1.82, 2.24) is 19.6 Å². The Kier molecular flexibility index (Phi) is 3.29. The summed E-state index contributed by atoms with van der Waals surface area (Å²) in [6.07, 6.45) is 4.04. The van der Waals surface area contributed by atoms with Gasteiger partial charge in [0.1, 0.15) is 11.3 Å². The molecule has 0 bridgehead atoms. The number of pyridine rings is 1. The van der Waals surface area contributed by atoms with E-state index in [4.69, 9.17) is 11.6 Å². The van der Waals surface area contributed by atoms with E-state index in [0.29, 0.717) is 5.15 Å².